The Hall–Kier alpha value is -0.930. The summed E-state index contributed by atoms with van der Waals surface area (Å²) in [6.45, 7) is 3.81. The molecule has 0 amide bonds. The van der Waals surface area contributed by atoms with Crippen molar-refractivity contribution in [3.8, 4) is 0 Å². The van der Waals surface area contributed by atoms with E-state index in [0.717, 1.165) is 30.6 Å². The molecule has 0 radical (unpaired) electrons. The van der Waals surface area contributed by atoms with E-state index in [1.807, 2.05) is 0 Å². The van der Waals surface area contributed by atoms with Crippen molar-refractivity contribution in [1.29, 1.82) is 0 Å². The first kappa shape index (κ1) is 17.9. The molecule has 1 aromatic carbocycles. The molecular weight excluding hydrogens is 303 g/mol. The molecule has 134 valence electrons. The molecule has 1 saturated heterocycles. The van der Waals surface area contributed by atoms with E-state index in [0.29, 0.717) is 5.92 Å². The topological polar surface area (TPSA) is 18.5 Å². The normalized spacial score (nSPS) is 31.1. The van der Waals surface area contributed by atoms with Gasteiger partial charge in [-0.15, -0.1) is 0 Å². The molecule has 2 aliphatic rings. The Labute approximate surface area is 145 Å². The molecule has 1 heterocycles. The van der Waals surface area contributed by atoms with Gasteiger partial charge >= 0.3 is 0 Å². The molecule has 1 aromatic rings. The molecule has 2 fully saturated rings. The summed E-state index contributed by atoms with van der Waals surface area (Å²) < 4.78 is 24.7. The van der Waals surface area contributed by atoms with Crippen molar-refractivity contribution < 1.29 is 13.9 Å². The summed E-state index contributed by atoms with van der Waals surface area (Å²) in [7, 11) is 0. The van der Waals surface area contributed by atoms with E-state index in [2.05, 4.69) is 6.92 Å². The predicted molar refractivity (Wildman–Crippen MR) is 94.1 cm³/mol. The Morgan fingerprint density at radius 1 is 0.833 bits per heavy atom. The van der Waals surface area contributed by atoms with E-state index in [9.17, 15) is 4.39 Å². The number of hydrogen-bond acceptors (Lipinski definition) is 2. The monoisotopic (exact) mass is 334 g/mol. The zero-order chi connectivity index (χ0) is 16.8. The average molecular weight is 334 g/mol. The van der Waals surface area contributed by atoms with Gasteiger partial charge in [-0.25, -0.2) is 4.39 Å². The largest absolute Gasteiger partial charge is 0.348 e. The summed E-state index contributed by atoms with van der Waals surface area (Å²) in [4.78, 5) is 0. The van der Waals surface area contributed by atoms with Gasteiger partial charge < -0.3 is 9.47 Å². The van der Waals surface area contributed by atoms with Crippen LogP contribution < -0.4 is 0 Å². The first-order valence-corrected chi connectivity index (χ1v) is 9.73. The molecule has 0 spiro atoms. The molecule has 1 saturated carbocycles. The van der Waals surface area contributed by atoms with Crippen molar-refractivity contribution in [1.82, 2.24) is 0 Å². The summed E-state index contributed by atoms with van der Waals surface area (Å²) in [6.07, 6.45) is 10.6. The molecule has 1 aliphatic carbocycles. The van der Waals surface area contributed by atoms with E-state index < -0.39 is 0 Å². The first-order valence-electron chi connectivity index (χ1n) is 9.73. The molecule has 0 unspecified atom stereocenters. The Bertz CT molecular complexity index is 471. The number of benzene rings is 1. The van der Waals surface area contributed by atoms with Crippen LogP contribution in [-0.2, 0) is 9.47 Å². The quantitative estimate of drug-likeness (QED) is 0.647. The predicted octanol–water partition coefficient (Wildman–Crippen LogP) is 5.87. The smallest absolute Gasteiger partial charge is 0.183 e. The van der Waals surface area contributed by atoms with Crippen LogP contribution in [0.25, 0.3) is 0 Å². The lowest BCUT2D eigenvalue weighted by molar-refractivity contribution is -0.206. The summed E-state index contributed by atoms with van der Waals surface area (Å²) in [5.74, 6) is 2.19. The SMILES string of the molecule is CCCC1CCC(CCC2COC(c3ccc(F)cc3)OC2)CC1. The van der Waals surface area contributed by atoms with Crippen molar-refractivity contribution in [3.05, 3.63) is 35.6 Å². The van der Waals surface area contributed by atoms with E-state index in [1.54, 1.807) is 12.1 Å². The van der Waals surface area contributed by atoms with Gasteiger partial charge in [-0.3, -0.25) is 0 Å². The zero-order valence-corrected chi connectivity index (χ0v) is 14.9. The van der Waals surface area contributed by atoms with Crippen LogP contribution in [0.15, 0.2) is 24.3 Å². The fourth-order valence-electron chi connectivity index (χ4n) is 4.21. The molecule has 0 aromatic heterocycles. The van der Waals surface area contributed by atoms with E-state index >= 15 is 0 Å². The minimum Gasteiger partial charge on any atom is -0.348 e. The van der Waals surface area contributed by atoms with Gasteiger partial charge in [-0.1, -0.05) is 64.0 Å². The third kappa shape index (κ3) is 5.03. The van der Waals surface area contributed by atoms with Crippen LogP contribution >= 0.6 is 0 Å². The molecule has 1 aliphatic heterocycles. The summed E-state index contributed by atoms with van der Waals surface area (Å²) in [6, 6.07) is 6.41. The summed E-state index contributed by atoms with van der Waals surface area (Å²) >= 11 is 0. The highest BCUT2D eigenvalue weighted by Crippen LogP contribution is 2.35. The maximum atomic E-state index is 13.0. The molecule has 3 heteroatoms. The van der Waals surface area contributed by atoms with E-state index in [1.165, 1.54) is 63.5 Å². The standard InChI is InChI=1S/C21H31FO2/c1-2-3-16-4-6-17(7-5-16)8-9-18-14-23-21(24-15-18)19-10-12-20(22)13-11-19/h10-13,16-18,21H,2-9,14-15H2,1H3. The van der Waals surface area contributed by atoms with Gasteiger partial charge in [-0.05, 0) is 30.4 Å². The highest BCUT2D eigenvalue weighted by Gasteiger charge is 2.26. The van der Waals surface area contributed by atoms with Gasteiger partial charge in [0, 0.05) is 11.5 Å². The Kier molecular flexibility index (Phi) is 6.67. The van der Waals surface area contributed by atoms with Crippen LogP contribution in [-0.4, -0.2) is 13.2 Å². The molecule has 0 bridgehead atoms. The van der Waals surface area contributed by atoms with Gasteiger partial charge in [0.15, 0.2) is 6.29 Å². The van der Waals surface area contributed by atoms with Crippen molar-refractivity contribution in [2.45, 2.75) is 64.6 Å². The summed E-state index contributed by atoms with van der Waals surface area (Å²) in [5.41, 5.74) is 0.907. The minimum atomic E-state index is -0.327. The summed E-state index contributed by atoms with van der Waals surface area (Å²) in [5, 5.41) is 0. The van der Waals surface area contributed by atoms with Crippen LogP contribution in [0, 0.1) is 23.6 Å². The highest BCUT2D eigenvalue weighted by atomic mass is 19.1. The van der Waals surface area contributed by atoms with Gasteiger partial charge in [0.25, 0.3) is 0 Å². The van der Waals surface area contributed by atoms with Gasteiger partial charge in [0.2, 0.25) is 0 Å². The maximum Gasteiger partial charge on any atom is 0.183 e. The number of ether oxygens (including phenoxy) is 2. The van der Waals surface area contributed by atoms with E-state index in [-0.39, 0.29) is 12.1 Å². The Balaban J connectivity index is 1.35. The number of rotatable bonds is 6. The average Bonchev–Trinajstić information content (AvgIpc) is 2.63. The second kappa shape index (κ2) is 8.96. The fraction of sp³-hybridized carbons (Fsp3) is 0.714. The Morgan fingerprint density at radius 3 is 1.96 bits per heavy atom. The number of hydrogen-bond donors (Lipinski definition) is 0. The van der Waals surface area contributed by atoms with Crippen LogP contribution in [0.5, 0.6) is 0 Å². The molecule has 0 N–H and O–H groups in total. The molecule has 0 atom stereocenters. The van der Waals surface area contributed by atoms with Crippen LogP contribution in [0.1, 0.15) is 70.1 Å². The van der Waals surface area contributed by atoms with Crippen LogP contribution in [0.2, 0.25) is 0 Å². The third-order valence-corrected chi connectivity index (χ3v) is 5.76. The lowest BCUT2D eigenvalue weighted by Gasteiger charge is -2.32. The minimum absolute atomic E-state index is 0.221. The third-order valence-electron chi connectivity index (χ3n) is 5.76. The second-order valence-electron chi connectivity index (χ2n) is 7.67. The molecule has 3 rings (SSSR count). The Morgan fingerprint density at radius 2 is 1.38 bits per heavy atom. The molecular formula is C21H31FO2. The first-order chi connectivity index (χ1) is 11.7. The lowest BCUT2D eigenvalue weighted by Crippen LogP contribution is -2.28. The molecule has 2 nitrogen and oxygen atoms in total. The van der Waals surface area contributed by atoms with Crippen molar-refractivity contribution in [2.75, 3.05) is 13.2 Å². The van der Waals surface area contributed by atoms with E-state index in [4.69, 9.17) is 9.47 Å². The molecule has 24 heavy (non-hydrogen) atoms. The van der Waals surface area contributed by atoms with Gasteiger partial charge in [0.05, 0.1) is 13.2 Å². The number of halogens is 1. The fourth-order valence-corrected chi connectivity index (χ4v) is 4.21. The van der Waals surface area contributed by atoms with Crippen LogP contribution in [0.3, 0.4) is 0 Å². The second-order valence-corrected chi connectivity index (χ2v) is 7.67. The maximum absolute atomic E-state index is 13.0. The highest BCUT2D eigenvalue weighted by molar-refractivity contribution is 5.17. The lowest BCUT2D eigenvalue weighted by atomic mass is 9.77. The van der Waals surface area contributed by atoms with Gasteiger partial charge in [0.1, 0.15) is 5.82 Å². The van der Waals surface area contributed by atoms with Crippen molar-refractivity contribution >= 4 is 0 Å². The van der Waals surface area contributed by atoms with Crippen molar-refractivity contribution in [2.24, 2.45) is 17.8 Å². The van der Waals surface area contributed by atoms with Crippen LogP contribution in [0.4, 0.5) is 4.39 Å². The van der Waals surface area contributed by atoms with Gasteiger partial charge in [-0.2, -0.15) is 0 Å². The zero-order valence-electron chi connectivity index (χ0n) is 14.9. The van der Waals surface area contributed by atoms with Crippen molar-refractivity contribution in [3.63, 3.8) is 0 Å².